The zero-order valence-electron chi connectivity index (χ0n) is 9.72. The summed E-state index contributed by atoms with van der Waals surface area (Å²) in [5.74, 6) is 0.992. The van der Waals surface area contributed by atoms with Gasteiger partial charge in [0.05, 0.1) is 0 Å². The van der Waals surface area contributed by atoms with Gasteiger partial charge in [-0.2, -0.15) is 0 Å². The zero-order valence-corrected chi connectivity index (χ0v) is 9.72. The minimum atomic E-state index is -0.898. The lowest BCUT2D eigenvalue weighted by atomic mass is 9.57. The van der Waals surface area contributed by atoms with Gasteiger partial charge in [0, 0.05) is 6.42 Å². The summed E-state index contributed by atoms with van der Waals surface area (Å²) in [5.41, 5.74) is 0.690. The van der Waals surface area contributed by atoms with E-state index in [0.29, 0.717) is 24.7 Å². The largest absolute Gasteiger partial charge is 0.295 e. The molecular formula is C13H19FO. The van der Waals surface area contributed by atoms with Crippen LogP contribution in [0.25, 0.3) is 0 Å². The maximum absolute atomic E-state index is 13.9. The molecule has 2 heteroatoms. The first kappa shape index (κ1) is 10.8. The summed E-state index contributed by atoms with van der Waals surface area (Å²) in [6.07, 6.45) is 2.67. The molecule has 2 rings (SSSR count). The van der Waals surface area contributed by atoms with Gasteiger partial charge in [-0.25, -0.2) is 4.39 Å². The Morgan fingerprint density at radius 1 is 1.47 bits per heavy atom. The number of ketones is 1. The second-order valence-electron chi connectivity index (χ2n) is 5.45. The fraction of sp³-hybridized carbons (Fsp3) is 0.769. The van der Waals surface area contributed by atoms with E-state index in [2.05, 4.69) is 20.8 Å². The second-order valence-corrected chi connectivity index (χ2v) is 5.45. The Balaban J connectivity index is 2.42. The summed E-state index contributed by atoms with van der Waals surface area (Å²) in [4.78, 5) is 11.4. The molecule has 2 aliphatic rings. The van der Waals surface area contributed by atoms with Gasteiger partial charge in [-0.05, 0) is 41.7 Å². The molecule has 4 atom stereocenters. The van der Waals surface area contributed by atoms with Gasteiger partial charge in [0.1, 0.15) is 6.17 Å². The Labute approximate surface area is 90.7 Å². The molecular weight excluding hydrogens is 191 g/mol. The van der Waals surface area contributed by atoms with Gasteiger partial charge in [0.15, 0.2) is 5.78 Å². The molecule has 0 aromatic carbocycles. The standard InChI is InChI=1S/C13H19FO/c1-8-6-12(14)11-7-10(15)4-5-13(11,3)9(8)2/h7-9,12H,4-6H2,1-3H3/t8?,9?,12-,13+/m0/s1. The van der Waals surface area contributed by atoms with Crippen molar-refractivity contribution in [3.63, 3.8) is 0 Å². The second kappa shape index (κ2) is 3.43. The highest BCUT2D eigenvalue weighted by molar-refractivity contribution is 5.91. The minimum Gasteiger partial charge on any atom is -0.295 e. The molecule has 1 nitrogen and oxygen atoms in total. The molecule has 0 aromatic heterocycles. The van der Waals surface area contributed by atoms with Gasteiger partial charge in [0.2, 0.25) is 0 Å². The van der Waals surface area contributed by atoms with E-state index in [4.69, 9.17) is 0 Å². The highest BCUT2D eigenvalue weighted by Gasteiger charge is 2.47. The number of carbonyl (C=O) groups excluding carboxylic acids is 1. The average molecular weight is 210 g/mol. The van der Waals surface area contributed by atoms with Crippen molar-refractivity contribution in [2.75, 3.05) is 0 Å². The van der Waals surface area contributed by atoms with Gasteiger partial charge in [-0.1, -0.05) is 20.8 Å². The van der Waals surface area contributed by atoms with Crippen LogP contribution in [0.15, 0.2) is 11.6 Å². The maximum atomic E-state index is 13.9. The Morgan fingerprint density at radius 2 is 2.13 bits per heavy atom. The molecule has 0 bridgehead atoms. The predicted octanol–water partition coefficient (Wildman–Crippen LogP) is 3.30. The number of rotatable bonds is 0. The van der Waals surface area contributed by atoms with Crippen LogP contribution in [0.1, 0.15) is 40.0 Å². The molecule has 0 aliphatic heterocycles. The quantitative estimate of drug-likeness (QED) is 0.599. The maximum Gasteiger partial charge on any atom is 0.155 e. The first-order valence-electron chi connectivity index (χ1n) is 5.84. The molecule has 0 aromatic rings. The van der Waals surface area contributed by atoms with Crippen molar-refractivity contribution in [1.29, 1.82) is 0 Å². The number of alkyl halides is 1. The van der Waals surface area contributed by atoms with Crippen LogP contribution in [-0.2, 0) is 4.79 Å². The molecule has 0 amide bonds. The Bertz CT molecular complexity index is 320. The highest BCUT2D eigenvalue weighted by atomic mass is 19.1. The van der Waals surface area contributed by atoms with Gasteiger partial charge >= 0.3 is 0 Å². The molecule has 0 N–H and O–H groups in total. The van der Waals surface area contributed by atoms with Gasteiger partial charge < -0.3 is 0 Å². The van der Waals surface area contributed by atoms with Gasteiger partial charge in [-0.15, -0.1) is 0 Å². The third-order valence-corrected chi connectivity index (χ3v) is 4.64. The molecule has 2 unspecified atom stereocenters. The fourth-order valence-corrected chi connectivity index (χ4v) is 3.16. The van der Waals surface area contributed by atoms with Gasteiger partial charge in [-0.3, -0.25) is 4.79 Å². The van der Waals surface area contributed by atoms with Crippen molar-refractivity contribution >= 4 is 5.78 Å². The topological polar surface area (TPSA) is 17.1 Å². The summed E-state index contributed by atoms with van der Waals surface area (Å²) in [6.45, 7) is 6.44. The number of hydrogen-bond donors (Lipinski definition) is 0. The van der Waals surface area contributed by atoms with Crippen molar-refractivity contribution in [1.82, 2.24) is 0 Å². The van der Waals surface area contributed by atoms with E-state index in [1.54, 1.807) is 6.08 Å². The van der Waals surface area contributed by atoms with E-state index in [1.807, 2.05) is 0 Å². The van der Waals surface area contributed by atoms with Crippen molar-refractivity contribution in [3.05, 3.63) is 11.6 Å². The Morgan fingerprint density at radius 3 is 2.80 bits per heavy atom. The van der Waals surface area contributed by atoms with Crippen molar-refractivity contribution in [3.8, 4) is 0 Å². The average Bonchev–Trinajstić information content (AvgIpc) is 2.18. The van der Waals surface area contributed by atoms with Crippen LogP contribution in [0.5, 0.6) is 0 Å². The molecule has 0 radical (unpaired) electrons. The number of carbonyl (C=O) groups is 1. The minimum absolute atomic E-state index is 0.0784. The summed E-state index contributed by atoms with van der Waals surface area (Å²) in [5, 5.41) is 0. The smallest absolute Gasteiger partial charge is 0.155 e. The number of hydrogen-bond acceptors (Lipinski definition) is 1. The molecule has 1 fully saturated rings. The molecule has 2 aliphatic carbocycles. The lowest BCUT2D eigenvalue weighted by Gasteiger charge is -2.48. The van der Waals surface area contributed by atoms with E-state index >= 15 is 0 Å². The number of allylic oxidation sites excluding steroid dienone is 2. The van der Waals surface area contributed by atoms with Crippen LogP contribution in [-0.4, -0.2) is 12.0 Å². The van der Waals surface area contributed by atoms with E-state index in [0.717, 1.165) is 12.0 Å². The van der Waals surface area contributed by atoms with Crippen LogP contribution < -0.4 is 0 Å². The first-order valence-corrected chi connectivity index (χ1v) is 5.84. The summed E-state index contributed by atoms with van der Waals surface area (Å²) in [7, 11) is 0. The van der Waals surface area contributed by atoms with Crippen LogP contribution in [0.2, 0.25) is 0 Å². The van der Waals surface area contributed by atoms with E-state index in [1.165, 1.54) is 0 Å². The van der Waals surface area contributed by atoms with Crippen molar-refractivity contribution in [2.24, 2.45) is 17.3 Å². The van der Waals surface area contributed by atoms with Crippen molar-refractivity contribution < 1.29 is 9.18 Å². The zero-order chi connectivity index (χ0) is 11.2. The van der Waals surface area contributed by atoms with Crippen LogP contribution in [0.4, 0.5) is 4.39 Å². The molecule has 0 heterocycles. The lowest BCUT2D eigenvalue weighted by Crippen LogP contribution is -2.43. The van der Waals surface area contributed by atoms with Crippen LogP contribution in [0, 0.1) is 17.3 Å². The molecule has 84 valence electrons. The first-order chi connectivity index (χ1) is 6.95. The third kappa shape index (κ3) is 1.54. The molecule has 1 saturated carbocycles. The van der Waals surface area contributed by atoms with E-state index in [9.17, 15) is 9.18 Å². The van der Waals surface area contributed by atoms with Gasteiger partial charge in [0.25, 0.3) is 0 Å². The monoisotopic (exact) mass is 210 g/mol. The van der Waals surface area contributed by atoms with E-state index in [-0.39, 0.29) is 11.2 Å². The van der Waals surface area contributed by atoms with Crippen molar-refractivity contribution in [2.45, 2.75) is 46.2 Å². The Kier molecular flexibility index (Phi) is 2.48. The SMILES string of the molecule is CC1C[C@H](F)C2=CC(=O)CC[C@]2(C)C1C. The van der Waals surface area contributed by atoms with Crippen LogP contribution in [0.3, 0.4) is 0 Å². The predicted molar refractivity (Wildman–Crippen MR) is 58.3 cm³/mol. The van der Waals surface area contributed by atoms with Crippen LogP contribution >= 0.6 is 0 Å². The lowest BCUT2D eigenvalue weighted by molar-refractivity contribution is -0.116. The van der Waals surface area contributed by atoms with E-state index < -0.39 is 6.17 Å². The highest BCUT2D eigenvalue weighted by Crippen LogP contribution is 2.52. The number of fused-ring (bicyclic) bond motifs is 1. The Hall–Kier alpha value is -0.660. The summed E-state index contributed by atoms with van der Waals surface area (Å²) >= 11 is 0. The molecule has 0 saturated heterocycles. The molecule has 0 spiro atoms. The normalized spacial score (nSPS) is 46.0. The molecule has 15 heavy (non-hydrogen) atoms. The number of halogens is 1. The fourth-order valence-electron chi connectivity index (χ4n) is 3.16. The summed E-state index contributed by atoms with van der Waals surface area (Å²) in [6, 6.07) is 0. The summed E-state index contributed by atoms with van der Waals surface area (Å²) < 4.78 is 13.9. The third-order valence-electron chi connectivity index (χ3n) is 4.64.